The molecule has 0 aromatic heterocycles. The number of alkyl halides is 1. The molecule has 19 heavy (non-hydrogen) atoms. The van der Waals surface area contributed by atoms with Gasteiger partial charge in [0.15, 0.2) is 0 Å². The minimum atomic E-state index is -0.406. The lowest BCUT2D eigenvalue weighted by atomic mass is 10.1. The fraction of sp³-hybridized carbons (Fsp3) is 0.571. The summed E-state index contributed by atoms with van der Waals surface area (Å²) in [5, 5.41) is 11.6. The third-order valence-corrected chi connectivity index (χ3v) is 3.40. The van der Waals surface area contributed by atoms with Crippen LogP contribution in [0, 0.1) is 10.1 Å². The predicted octanol–water partition coefficient (Wildman–Crippen LogP) is 4.71. The zero-order valence-electron chi connectivity index (χ0n) is 11.0. The fourth-order valence-electron chi connectivity index (χ4n) is 1.76. The summed E-state index contributed by atoms with van der Waals surface area (Å²) < 4.78 is 5.54. The van der Waals surface area contributed by atoms with Gasteiger partial charge in [0, 0.05) is 17.5 Å². The predicted molar refractivity (Wildman–Crippen MR) is 80.1 cm³/mol. The summed E-state index contributed by atoms with van der Waals surface area (Å²) in [6.07, 6.45) is 7.27. The van der Waals surface area contributed by atoms with Crippen molar-refractivity contribution in [3.63, 3.8) is 0 Å². The number of ether oxygens (including phenoxy) is 1. The Labute approximate surface area is 122 Å². The quantitative estimate of drug-likeness (QED) is 0.270. The number of unbranched alkanes of at least 4 members (excludes halogenated alkanes) is 5. The highest BCUT2D eigenvalue weighted by molar-refractivity contribution is 9.09. The number of non-ortho nitro benzene ring substituents is 1. The first-order valence-corrected chi connectivity index (χ1v) is 7.79. The van der Waals surface area contributed by atoms with Crippen LogP contribution in [0.2, 0.25) is 0 Å². The molecule has 0 fully saturated rings. The molecule has 4 nitrogen and oxygen atoms in total. The Hall–Kier alpha value is -1.10. The van der Waals surface area contributed by atoms with Gasteiger partial charge in [-0.15, -0.1) is 0 Å². The maximum Gasteiger partial charge on any atom is 0.269 e. The zero-order chi connectivity index (χ0) is 13.9. The second kappa shape index (κ2) is 9.78. The Morgan fingerprint density at radius 3 is 2.16 bits per heavy atom. The normalized spacial score (nSPS) is 10.4. The van der Waals surface area contributed by atoms with Crippen molar-refractivity contribution in [1.82, 2.24) is 0 Å². The number of nitro benzene ring substituents is 1. The molecule has 106 valence electrons. The summed E-state index contributed by atoms with van der Waals surface area (Å²) in [5.74, 6) is 0.699. The standard InChI is InChI=1S/C14H20BrNO3/c15-11-5-3-1-2-4-6-12-19-14-9-7-13(8-10-14)16(17)18/h7-10H,1-6,11-12H2. The minimum absolute atomic E-state index is 0.0964. The van der Waals surface area contributed by atoms with Crippen molar-refractivity contribution in [2.75, 3.05) is 11.9 Å². The molecule has 0 radical (unpaired) electrons. The van der Waals surface area contributed by atoms with E-state index in [1.54, 1.807) is 12.1 Å². The van der Waals surface area contributed by atoms with Crippen LogP contribution in [0.3, 0.4) is 0 Å². The van der Waals surface area contributed by atoms with Crippen molar-refractivity contribution in [1.29, 1.82) is 0 Å². The smallest absolute Gasteiger partial charge is 0.269 e. The highest BCUT2D eigenvalue weighted by Gasteiger charge is 2.03. The van der Waals surface area contributed by atoms with E-state index in [0.29, 0.717) is 12.4 Å². The van der Waals surface area contributed by atoms with Crippen LogP contribution >= 0.6 is 15.9 Å². The molecule has 0 atom stereocenters. The fourth-order valence-corrected chi connectivity index (χ4v) is 2.15. The lowest BCUT2D eigenvalue weighted by Gasteiger charge is -2.05. The third-order valence-electron chi connectivity index (χ3n) is 2.84. The summed E-state index contributed by atoms with van der Waals surface area (Å²) in [6.45, 7) is 0.677. The van der Waals surface area contributed by atoms with E-state index in [0.717, 1.165) is 11.8 Å². The molecule has 1 aromatic rings. The second-order valence-electron chi connectivity index (χ2n) is 4.41. The zero-order valence-corrected chi connectivity index (χ0v) is 12.6. The van der Waals surface area contributed by atoms with Gasteiger partial charge in [-0.1, -0.05) is 41.6 Å². The molecular weight excluding hydrogens is 310 g/mol. The van der Waals surface area contributed by atoms with E-state index in [1.807, 2.05) is 0 Å². The number of rotatable bonds is 10. The van der Waals surface area contributed by atoms with E-state index in [2.05, 4.69) is 15.9 Å². The molecule has 5 heteroatoms. The Balaban J connectivity index is 2.07. The third kappa shape index (κ3) is 7.15. The summed E-state index contributed by atoms with van der Waals surface area (Å²) in [5.41, 5.74) is 0.0964. The number of nitro groups is 1. The maximum atomic E-state index is 10.5. The first-order valence-electron chi connectivity index (χ1n) is 6.67. The van der Waals surface area contributed by atoms with E-state index >= 15 is 0 Å². The van der Waals surface area contributed by atoms with Gasteiger partial charge in [-0.25, -0.2) is 0 Å². The van der Waals surface area contributed by atoms with Crippen LogP contribution in [0.5, 0.6) is 5.75 Å². The second-order valence-corrected chi connectivity index (χ2v) is 5.20. The van der Waals surface area contributed by atoms with Gasteiger partial charge in [-0.3, -0.25) is 10.1 Å². The molecular formula is C14H20BrNO3. The van der Waals surface area contributed by atoms with Gasteiger partial charge in [0.1, 0.15) is 5.75 Å². The van der Waals surface area contributed by atoms with E-state index in [1.165, 1.54) is 44.2 Å². The molecule has 1 aromatic carbocycles. The van der Waals surface area contributed by atoms with Crippen molar-refractivity contribution >= 4 is 21.6 Å². The van der Waals surface area contributed by atoms with Gasteiger partial charge in [0.2, 0.25) is 0 Å². The van der Waals surface area contributed by atoms with Crippen LogP contribution in [-0.2, 0) is 0 Å². The lowest BCUT2D eigenvalue weighted by molar-refractivity contribution is -0.384. The molecule has 0 aliphatic rings. The Bertz CT molecular complexity index is 367. The molecule has 1 rings (SSSR count). The highest BCUT2D eigenvalue weighted by atomic mass is 79.9. The maximum absolute atomic E-state index is 10.5. The van der Waals surface area contributed by atoms with E-state index < -0.39 is 4.92 Å². The van der Waals surface area contributed by atoms with Gasteiger partial charge in [0.05, 0.1) is 11.5 Å². The van der Waals surface area contributed by atoms with Crippen molar-refractivity contribution in [3.05, 3.63) is 34.4 Å². The summed E-state index contributed by atoms with van der Waals surface area (Å²) in [7, 11) is 0. The Morgan fingerprint density at radius 2 is 1.58 bits per heavy atom. The van der Waals surface area contributed by atoms with Gasteiger partial charge < -0.3 is 4.74 Å². The number of hydrogen-bond donors (Lipinski definition) is 0. The topological polar surface area (TPSA) is 52.4 Å². The molecule has 0 spiro atoms. The number of halogens is 1. The number of benzene rings is 1. The van der Waals surface area contributed by atoms with Gasteiger partial charge in [0.25, 0.3) is 5.69 Å². The summed E-state index contributed by atoms with van der Waals surface area (Å²) in [6, 6.07) is 6.23. The monoisotopic (exact) mass is 329 g/mol. The van der Waals surface area contributed by atoms with Crippen molar-refractivity contribution in [2.24, 2.45) is 0 Å². The van der Waals surface area contributed by atoms with E-state index in [4.69, 9.17) is 4.74 Å². The van der Waals surface area contributed by atoms with Crippen molar-refractivity contribution in [2.45, 2.75) is 38.5 Å². The average Bonchev–Trinajstić information content (AvgIpc) is 2.42. The molecule has 0 bridgehead atoms. The molecule has 0 saturated heterocycles. The molecule has 0 aliphatic heterocycles. The van der Waals surface area contributed by atoms with Gasteiger partial charge >= 0.3 is 0 Å². The largest absolute Gasteiger partial charge is 0.494 e. The highest BCUT2D eigenvalue weighted by Crippen LogP contribution is 2.17. The van der Waals surface area contributed by atoms with Crippen LogP contribution in [0.15, 0.2) is 24.3 Å². The SMILES string of the molecule is O=[N+]([O-])c1ccc(OCCCCCCCCBr)cc1. The van der Waals surface area contributed by atoms with Gasteiger partial charge in [-0.2, -0.15) is 0 Å². The Morgan fingerprint density at radius 1 is 1.00 bits per heavy atom. The van der Waals surface area contributed by atoms with E-state index in [9.17, 15) is 10.1 Å². The van der Waals surface area contributed by atoms with Crippen molar-refractivity contribution in [3.8, 4) is 5.75 Å². The van der Waals surface area contributed by atoms with Crippen LogP contribution in [0.1, 0.15) is 38.5 Å². The molecule has 0 aliphatic carbocycles. The Kier molecular flexibility index (Phi) is 8.21. The lowest BCUT2D eigenvalue weighted by Crippen LogP contribution is -1.97. The first-order chi connectivity index (χ1) is 9.24. The molecule has 0 heterocycles. The molecule has 0 saturated carbocycles. The van der Waals surface area contributed by atoms with Crippen LogP contribution < -0.4 is 4.74 Å². The first kappa shape index (κ1) is 16.0. The van der Waals surface area contributed by atoms with Crippen LogP contribution in [0.4, 0.5) is 5.69 Å². The summed E-state index contributed by atoms with van der Waals surface area (Å²) >= 11 is 3.42. The van der Waals surface area contributed by atoms with Crippen molar-refractivity contribution < 1.29 is 9.66 Å². The number of hydrogen-bond acceptors (Lipinski definition) is 3. The van der Waals surface area contributed by atoms with Crippen LogP contribution in [-0.4, -0.2) is 16.9 Å². The molecule has 0 N–H and O–H groups in total. The molecule has 0 amide bonds. The number of nitrogens with zero attached hydrogens (tertiary/aromatic N) is 1. The van der Waals surface area contributed by atoms with E-state index in [-0.39, 0.29) is 5.69 Å². The minimum Gasteiger partial charge on any atom is -0.494 e. The van der Waals surface area contributed by atoms with Gasteiger partial charge in [-0.05, 0) is 25.0 Å². The average molecular weight is 330 g/mol. The summed E-state index contributed by atoms with van der Waals surface area (Å²) in [4.78, 5) is 10.1. The molecule has 0 unspecified atom stereocenters. The van der Waals surface area contributed by atoms with Crippen LogP contribution in [0.25, 0.3) is 0 Å².